The van der Waals surface area contributed by atoms with Gasteiger partial charge in [0.2, 0.25) is 5.91 Å². The van der Waals surface area contributed by atoms with Crippen molar-refractivity contribution < 1.29 is 19.1 Å². The molecule has 37 heavy (non-hydrogen) atoms. The molecule has 8 heteroatoms. The molecule has 0 saturated heterocycles. The molecule has 1 aromatic carbocycles. The Labute approximate surface area is 225 Å². The molecular formula is C29H41N3O4S. The zero-order valence-electron chi connectivity index (χ0n) is 23.0. The van der Waals surface area contributed by atoms with Gasteiger partial charge in [-0.3, -0.25) is 14.4 Å². The minimum absolute atomic E-state index is 0.0852. The van der Waals surface area contributed by atoms with E-state index < -0.39 is 12.1 Å². The van der Waals surface area contributed by atoms with Crippen LogP contribution in [0.4, 0.5) is 0 Å². The van der Waals surface area contributed by atoms with Crippen LogP contribution in [0.15, 0.2) is 35.7 Å². The van der Waals surface area contributed by atoms with Crippen LogP contribution < -0.4 is 5.32 Å². The SMILES string of the molecule is CC[C@H](C)CC(=O)N(C)[C@H](C[C@@H](OC(C)=O)c1nc(C(=O)NC2(Cc3ccccc3)CC2)cs1)C(C)C. The molecule has 1 heterocycles. The molecular weight excluding hydrogens is 486 g/mol. The van der Waals surface area contributed by atoms with Crippen molar-refractivity contribution in [2.45, 2.75) is 90.8 Å². The highest BCUT2D eigenvalue weighted by Crippen LogP contribution is 2.39. The van der Waals surface area contributed by atoms with Gasteiger partial charge >= 0.3 is 5.97 Å². The Hall–Kier alpha value is -2.74. The fourth-order valence-electron chi connectivity index (χ4n) is 4.60. The summed E-state index contributed by atoms with van der Waals surface area (Å²) >= 11 is 1.31. The Morgan fingerprint density at radius 3 is 2.41 bits per heavy atom. The van der Waals surface area contributed by atoms with Crippen LogP contribution in [0, 0.1) is 11.8 Å². The van der Waals surface area contributed by atoms with Gasteiger partial charge in [-0.2, -0.15) is 0 Å². The first-order chi connectivity index (χ1) is 17.5. The molecule has 3 atom stereocenters. The van der Waals surface area contributed by atoms with Crippen molar-refractivity contribution in [3.8, 4) is 0 Å². The number of ether oxygens (including phenoxy) is 1. The first kappa shape index (κ1) is 28.8. The Kier molecular flexibility index (Phi) is 9.87. The number of hydrogen-bond donors (Lipinski definition) is 1. The second-order valence-electron chi connectivity index (χ2n) is 10.8. The number of rotatable bonds is 13. The molecule has 2 aromatic rings. The zero-order valence-corrected chi connectivity index (χ0v) is 23.8. The van der Waals surface area contributed by atoms with E-state index in [4.69, 9.17) is 4.74 Å². The van der Waals surface area contributed by atoms with Crippen LogP contribution in [0.25, 0.3) is 0 Å². The normalized spacial score (nSPS) is 16.5. The van der Waals surface area contributed by atoms with Gasteiger partial charge in [-0.25, -0.2) is 4.98 Å². The number of aromatic nitrogens is 1. The van der Waals surface area contributed by atoms with E-state index in [1.165, 1.54) is 23.8 Å². The lowest BCUT2D eigenvalue weighted by atomic mass is 9.95. The lowest BCUT2D eigenvalue weighted by molar-refractivity contribution is -0.148. The second-order valence-corrected chi connectivity index (χ2v) is 11.7. The monoisotopic (exact) mass is 527 g/mol. The standard InChI is InChI=1S/C29H41N3O4S/c1-7-20(4)15-26(34)32(6)24(19(2)3)16-25(36-21(5)33)28-30-23(18-37-28)27(35)31-29(13-14-29)17-22-11-9-8-10-12-22/h8-12,18-20,24-25H,7,13-17H2,1-6H3,(H,31,35)/t20-,24+,25+/m0/s1. The van der Waals surface area contributed by atoms with Gasteiger partial charge in [0.1, 0.15) is 10.7 Å². The lowest BCUT2D eigenvalue weighted by Gasteiger charge is -2.34. The van der Waals surface area contributed by atoms with E-state index in [1.54, 1.807) is 10.3 Å². The summed E-state index contributed by atoms with van der Waals surface area (Å²) in [7, 11) is 1.82. The highest BCUT2D eigenvalue weighted by atomic mass is 32.1. The van der Waals surface area contributed by atoms with Crippen molar-refractivity contribution in [1.29, 1.82) is 0 Å². The Morgan fingerprint density at radius 1 is 1.16 bits per heavy atom. The first-order valence-corrected chi connectivity index (χ1v) is 14.2. The van der Waals surface area contributed by atoms with Gasteiger partial charge < -0.3 is 15.0 Å². The van der Waals surface area contributed by atoms with Crippen molar-refractivity contribution >= 4 is 29.1 Å². The smallest absolute Gasteiger partial charge is 0.303 e. The molecule has 202 valence electrons. The van der Waals surface area contributed by atoms with Crippen LogP contribution in [-0.4, -0.2) is 46.3 Å². The molecule has 0 aliphatic heterocycles. The van der Waals surface area contributed by atoms with Crippen molar-refractivity contribution in [1.82, 2.24) is 15.2 Å². The topological polar surface area (TPSA) is 88.6 Å². The number of nitrogens with zero attached hydrogens (tertiary/aromatic N) is 2. The van der Waals surface area contributed by atoms with Gasteiger partial charge in [0.25, 0.3) is 5.91 Å². The Morgan fingerprint density at radius 2 is 1.84 bits per heavy atom. The van der Waals surface area contributed by atoms with Gasteiger partial charge in [-0.05, 0) is 36.7 Å². The van der Waals surface area contributed by atoms with E-state index in [-0.39, 0.29) is 29.3 Å². The van der Waals surface area contributed by atoms with Gasteiger partial charge in [0.05, 0.1) is 0 Å². The molecule has 3 rings (SSSR count). The van der Waals surface area contributed by atoms with Crippen LogP contribution >= 0.6 is 11.3 Å². The molecule has 1 N–H and O–H groups in total. The molecule has 1 aliphatic carbocycles. The predicted molar refractivity (Wildman–Crippen MR) is 146 cm³/mol. The second kappa shape index (κ2) is 12.7. The van der Waals surface area contributed by atoms with Gasteiger partial charge in [-0.15, -0.1) is 11.3 Å². The van der Waals surface area contributed by atoms with Crippen molar-refractivity contribution in [2.75, 3.05) is 7.05 Å². The molecule has 7 nitrogen and oxygen atoms in total. The number of thiazole rings is 1. The fraction of sp³-hybridized carbons (Fsp3) is 0.586. The summed E-state index contributed by atoms with van der Waals surface area (Å²) in [6.07, 6.45) is 3.89. The van der Waals surface area contributed by atoms with E-state index in [0.717, 1.165) is 25.7 Å². The fourth-order valence-corrected chi connectivity index (χ4v) is 5.44. The maximum Gasteiger partial charge on any atom is 0.303 e. The highest BCUT2D eigenvalue weighted by Gasteiger charge is 2.44. The van der Waals surface area contributed by atoms with Crippen molar-refractivity contribution in [3.63, 3.8) is 0 Å². The highest BCUT2D eigenvalue weighted by molar-refractivity contribution is 7.09. The summed E-state index contributed by atoms with van der Waals surface area (Å²) in [5.74, 6) is -0.0778. The van der Waals surface area contributed by atoms with Crippen molar-refractivity contribution in [3.05, 3.63) is 52.0 Å². The van der Waals surface area contributed by atoms with Crippen LogP contribution in [0.3, 0.4) is 0 Å². The number of carbonyl (C=O) groups is 3. The molecule has 1 saturated carbocycles. The van der Waals surface area contributed by atoms with Crippen molar-refractivity contribution in [2.24, 2.45) is 11.8 Å². The molecule has 1 aromatic heterocycles. The average molecular weight is 528 g/mol. The molecule has 2 amide bonds. The van der Waals surface area contributed by atoms with E-state index in [0.29, 0.717) is 29.5 Å². The van der Waals surface area contributed by atoms with Crippen LogP contribution in [0.5, 0.6) is 0 Å². The number of benzene rings is 1. The van der Waals surface area contributed by atoms with E-state index in [1.807, 2.05) is 25.2 Å². The first-order valence-electron chi connectivity index (χ1n) is 13.3. The molecule has 1 aliphatic rings. The number of carbonyl (C=O) groups excluding carboxylic acids is 3. The van der Waals surface area contributed by atoms with Crippen LogP contribution in [0.1, 0.15) is 93.9 Å². The van der Waals surface area contributed by atoms with Crippen LogP contribution in [0.2, 0.25) is 0 Å². The summed E-state index contributed by atoms with van der Waals surface area (Å²) in [4.78, 5) is 44.3. The summed E-state index contributed by atoms with van der Waals surface area (Å²) in [5, 5.41) is 5.48. The summed E-state index contributed by atoms with van der Waals surface area (Å²) < 4.78 is 5.67. The Bertz CT molecular complexity index is 1060. The molecule has 0 unspecified atom stereocenters. The summed E-state index contributed by atoms with van der Waals surface area (Å²) in [5.41, 5.74) is 1.30. The molecule has 0 radical (unpaired) electrons. The molecule has 1 fully saturated rings. The molecule has 0 spiro atoms. The van der Waals surface area contributed by atoms with Gasteiger partial charge in [0.15, 0.2) is 6.10 Å². The number of hydrogen-bond acceptors (Lipinski definition) is 6. The summed E-state index contributed by atoms with van der Waals surface area (Å²) in [6, 6.07) is 10.0. The maximum atomic E-state index is 13.1. The molecule has 0 bridgehead atoms. The maximum absolute atomic E-state index is 13.1. The van der Waals surface area contributed by atoms with E-state index >= 15 is 0 Å². The van der Waals surface area contributed by atoms with E-state index in [2.05, 4.69) is 50.1 Å². The minimum atomic E-state index is -0.630. The quantitative estimate of drug-likeness (QED) is 0.345. The number of amides is 2. The van der Waals surface area contributed by atoms with Crippen LogP contribution in [-0.2, 0) is 20.7 Å². The third-order valence-corrected chi connectivity index (χ3v) is 8.23. The number of esters is 1. The predicted octanol–water partition coefficient (Wildman–Crippen LogP) is 5.56. The minimum Gasteiger partial charge on any atom is -0.455 e. The third kappa shape index (κ3) is 8.12. The van der Waals surface area contributed by atoms with Gasteiger partial charge in [-0.1, -0.05) is 64.4 Å². The zero-order chi connectivity index (χ0) is 27.2. The summed E-state index contributed by atoms with van der Waals surface area (Å²) in [6.45, 7) is 9.65. The largest absolute Gasteiger partial charge is 0.455 e. The average Bonchev–Trinajstić information content (AvgIpc) is 3.40. The van der Waals surface area contributed by atoms with Gasteiger partial charge in [0, 0.05) is 43.8 Å². The number of nitrogens with one attached hydrogen (secondary N) is 1. The Balaban J connectivity index is 1.72. The lowest BCUT2D eigenvalue weighted by Crippen LogP contribution is -2.42. The third-order valence-electron chi connectivity index (χ3n) is 7.29. The van der Waals surface area contributed by atoms with E-state index in [9.17, 15) is 14.4 Å².